The molecular formula is C14H11F2N3O4. The third-order valence-electron chi connectivity index (χ3n) is 2.82. The normalized spacial score (nSPS) is 10.7. The molecule has 0 atom stereocenters. The Morgan fingerprint density at radius 2 is 2.09 bits per heavy atom. The van der Waals surface area contributed by atoms with Gasteiger partial charge in [0.2, 0.25) is 5.75 Å². The van der Waals surface area contributed by atoms with Crippen molar-refractivity contribution in [3.8, 4) is 11.5 Å². The third-order valence-corrected chi connectivity index (χ3v) is 2.82. The minimum atomic E-state index is -0.837. The number of phenols is 1. The van der Waals surface area contributed by atoms with E-state index in [0.717, 1.165) is 24.4 Å². The molecule has 120 valence electrons. The molecule has 0 aromatic heterocycles. The molecule has 0 aliphatic carbocycles. The highest BCUT2D eigenvalue weighted by atomic mass is 19.1. The average Bonchev–Trinajstić information content (AvgIpc) is 2.50. The fraction of sp³-hybridized carbons (Fsp3) is 0.0714. The van der Waals surface area contributed by atoms with Gasteiger partial charge in [0.05, 0.1) is 23.9 Å². The van der Waals surface area contributed by atoms with Crippen LogP contribution in [0.5, 0.6) is 11.5 Å². The number of hydrogen-bond donors (Lipinski definition) is 2. The SMILES string of the molecule is COc1cc(/C=N\Nc2ccc(F)cc2F)cc([N+](=O)[O-])c1O. The van der Waals surface area contributed by atoms with Crippen molar-refractivity contribution in [3.05, 3.63) is 57.6 Å². The molecule has 0 saturated heterocycles. The molecule has 9 heteroatoms. The third kappa shape index (κ3) is 3.70. The lowest BCUT2D eigenvalue weighted by molar-refractivity contribution is -0.386. The van der Waals surface area contributed by atoms with Crippen molar-refractivity contribution < 1.29 is 23.5 Å². The maximum absolute atomic E-state index is 13.4. The topological polar surface area (TPSA) is 97.0 Å². The smallest absolute Gasteiger partial charge is 0.315 e. The average molecular weight is 323 g/mol. The molecule has 0 saturated carbocycles. The van der Waals surface area contributed by atoms with Crippen LogP contribution >= 0.6 is 0 Å². The molecule has 0 spiro atoms. The molecule has 0 radical (unpaired) electrons. The highest BCUT2D eigenvalue weighted by molar-refractivity contribution is 5.83. The van der Waals surface area contributed by atoms with Crippen LogP contribution in [0.2, 0.25) is 0 Å². The van der Waals surface area contributed by atoms with E-state index in [1.165, 1.54) is 13.2 Å². The Labute approximate surface area is 129 Å². The van der Waals surface area contributed by atoms with Crippen LogP contribution in [0, 0.1) is 21.7 Å². The minimum absolute atomic E-state index is 0.0668. The number of ether oxygens (including phenoxy) is 1. The summed E-state index contributed by atoms with van der Waals surface area (Å²) in [5.74, 6) is -2.27. The summed E-state index contributed by atoms with van der Waals surface area (Å²) in [5, 5.41) is 24.2. The highest BCUT2D eigenvalue weighted by Gasteiger charge is 2.19. The molecule has 2 rings (SSSR count). The van der Waals surface area contributed by atoms with Crippen molar-refractivity contribution in [1.29, 1.82) is 0 Å². The Hall–Kier alpha value is -3.23. The molecular weight excluding hydrogens is 312 g/mol. The first-order valence-electron chi connectivity index (χ1n) is 6.22. The van der Waals surface area contributed by atoms with Crippen molar-refractivity contribution in [2.75, 3.05) is 12.5 Å². The van der Waals surface area contributed by atoms with Gasteiger partial charge in [0.15, 0.2) is 11.6 Å². The van der Waals surface area contributed by atoms with Gasteiger partial charge >= 0.3 is 5.69 Å². The first kappa shape index (κ1) is 16.1. The quantitative estimate of drug-likeness (QED) is 0.501. The van der Waals surface area contributed by atoms with Gasteiger partial charge in [-0.3, -0.25) is 15.5 Å². The number of methoxy groups -OCH3 is 1. The van der Waals surface area contributed by atoms with Gasteiger partial charge in [-0.15, -0.1) is 0 Å². The predicted octanol–water partition coefficient (Wildman–Crippen LogP) is 3.03. The van der Waals surface area contributed by atoms with Gasteiger partial charge in [-0.05, 0) is 18.2 Å². The van der Waals surface area contributed by atoms with Gasteiger partial charge in [0.25, 0.3) is 0 Å². The number of hydrazone groups is 1. The summed E-state index contributed by atoms with van der Waals surface area (Å²) in [7, 11) is 1.24. The van der Waals surface area contributed by atoms with Crippen molar-refractivity contribution in [2.45, 2.75) is 0 Å². The summed E-state index contributed by atoms with van der Waals surface area (Å²) in [5.41, 5.74) is 1.96. The Morgan fingerprint density at radius 3 is 2.70 bits per heavy atom. The Morgan fingerprint density at radius 1 is 1.35 bits per heavy atom. The van der Waals surface area contributed by atoms with Crippen LogP contribution in [-0.4, -0.2) is 23.4 Å². The molecule has 0 bridgehead atoms. The van der Waals surface area contributed by atoms with E-state index in [2.05, 4.69) is 10.5 Å². The molecule has 7 nitrogen and oxygen atoms in total. The zero-order valence-corrected chi connectivity index (χ0v) is 11.8. The number of phenolic OH excluding ortho intramolecular Hbond substituents is 1. The molecule has 0 heterocycles. The summed E-state index contributed by atoms with van der Waals surface area (Å²) in [6.07, 6.45) is 1.16. The van der Waals surface area contributed by atoms with E-state index in [-0.39, 0.29) is 17.0 Å². The fourth-order valence-corrected chi connectivity index (χ4v) is 1.74. The van der Waals surface area contributed by atoms with Gasteiger partial charge in [-0.2, -0.15) is 5.10 Å². The lowest BCUT2D eigenvalue weighted by Gasteiger charge is -2.05. The second kappa shape index (κ2) is 6.69. The first-order chi connectivity index (χ1) is 10.9. The Bertz CT molecular complexity index is 781. The van der Waals surface area contributed by atoms with Gasteiger partial charge in [-0.1, -0.05) is 0 Å². The zero-order chi connectivity index (χ0) is 17.0. The Kier molecular flexibility index (Phi) is 4.69. The van der Waals surface area contributed by atoms with Crippen LogP contribution in [-0.2, 0) is 0 Å². The van der Waals surface area contributed by atoms with Crippen molar-refractivity contribution in [3.63, 3.8) is 0 Å². The van der Waals surface area contributed by atoms with Crippen LogP contribution in [0.25, 0.3) is 0 Å². The molecule has 2 N–H and O–H groups in total. The van der Waals surface area contributed by atoms with E-state index >= 15 is 0 Å². The molecule has 0 unspecified atom stereocenters. The molecule has 0 aliphatic heterocycles. The van der Waals surface area contributed by atoms with Crippen molar-refractivity contribution in [1.82, 2.24) is 0 Å². The zero-order valence-electron chi connectivity index (χ0n) is 11.8. The number of nitro benzene ring substituents is 1. The number of rotatable bonds is 5. The van der Waals surface area contributed by atoms with Crippen LogP contribution in [0.15, 0.2) is 35.4 Å². The summed E-state index contributed by atoms with van der Waals surface area (Å²) >= 11 is 0. The van der Waals surface area contributed by atoms with E-state index in [9.17, 15) is 24.0 Å². The number of anilines is 1. The second-order valence-electron chi connectivity index (χ2n) is 4.34. The maximum atomic E-state index is 13.4. The van der Waals surface area contributed by atoms with E-state index in [0.29, 0.717) is 6.07 Å². The summed E-state index contributed by atoms with van der Waals surface area (Å²) in [4.78, 5) is 10.1. The summed E-state index contributed by atoms with van der Waals surface area (Å²) in [6.45, 7) is 0. The standard InChI is InChI=1S/C14H11F2N3O4/c1-23-13-5-8(4-12(14(13)20)19(21)22)7-17-18-11-3-2-9(15)6-10(11)16/h2-7,18,20H,1H3/b17-7-. The van der Waals surface area contributed by atoms with E-state index in [4.69, 9.17) is 4.74 Å². The number of nitro groups is 1. The lowest BCUT2D eigenvalue weighted by atomic mass is 10.2. The molecule has 2 aromatic carbocycles. The number of aromatic hydroxyl groups is 1. The number of nitrogens with zero attached hydrogens (tertiary/aromatic N) is 2. The lowest BCUT2D eigenvalue weighted by Crippen LogP contribution is -1.97. The fourth-order valence-electron chi connectivity index (χ4n) is 1.74. The van der Waals surface area contributed by atoms with Gasteiger partial charge in [0, 0.05) is 17.7 Å². The van der Waals surface area contributed by atoms with Gasteiger partial charge in [0.1, 0.15) is 5.82 Å². The number of hydrogen-bond acceptors (Lipinski definition) is 6. The second-order valence-corrected chi connectivity index (χ2v) is 4.34. The largest absolute Gasteiger partial charge is 0.500 e. The highest BCUT2D eigenvalue weighted by Crippen LogP contribution is 2.36. The first-order valence-corrected chi connectivity index (χ1v) is 6.22. The van der Waals surface area contributed by atoms with E-state index in [1.54, 1.807) is 0 Å². The van der Waals surface area contributed by atoms with Crippen LogP contribution < -0.4 is 10.2 Å². The predicted molar refractivity (Wildman–Crippen MR) is 78.9 cm³/mol. The van der Waals surface area contributed by atoms with Crippen LogP contribution in [0.1, 0.15) is 5.56 Å². The maximum Gasteiger partial charge on any atom is 0.315 e. The minimum Gasteiger partial charge on any atom is -0.500 e. The molecule has 2 aromatic rings. The summed E-state index contributed by atoms with van der Waals surface area (Å²) in [6, 6.07) is 5.28. The van der Waals surface area contributed by atoms with Gasteiger partial charge < -0.3 is 9.84 Å². The van der Waals surface area contributed by atoms with Crippen molar-refractivity contribution in [2.24, 2.45) is 5.10 Å². The summed E-state index contributed by atoms with van der Waals surface area (Å²) < 4.78 is 31.0. The molecule has 23 heavy (non-hydrogen) atoms. The van der Waals surface area contributed by atoms with Crippen LogP contribution in [0.4, 0.5) is 20.2 Å². The van der Waals surface area contributed by atoms with E-state index < -0.39 is 28.0 Å². The Balaban J connectivity index is 2.25. The van der Waals surface area contributed by atoms with E-state index in [1.807, 2.05) is 0 Å². The van der Waals surface area contributed by atoms with Crippen LogP contribution in [0.3, 0.4) is 0 Å². The monoisotopic (exact) mass is 323 g/mol. The number of nitrogens with one attached hydrogen (secondary N) is 1. The van der Waals surface area contributed by atoms with Crippen molar-refractivity contribution >= 4 is 17.6 Å². The molecule has 0 amide bonds. The number of benzene rings is 2. The van der Waals surface area contributed by atoms with Gasteiger partial charge in [-0.25, -0.2) is 8.78 Å². The number of halogens is 2. The molecule has 0 fully saturated rings. The molecule has 0 aliphatic rings.